The highest BCUT2D eigenvalue weighted by atomic mass is 32.2. The number of rotatable bonds is 7. The third-order valence-electron chi connectivity index (χ3n) is 5.11. The van der Waals surface area contributed by atoms with Crippen molar-refractivity contribution < 1.29 is 44.9 Å². The highest BCUT2D eigenvalue weighted by Gasteiger charge is 2.48. The number of hydrogen-bond donors (Lipinski definition) is 1. The van der Waals surface area contributed by atoms with Gasteiger partial charge in [-0.15, -0.1) is 0 Å². The number of nitrogens with zero attached hydrogens (tertiary/aromatic N) is 1. The Morgan fingerprint density at radius 1 is 1.15 bits per heavy atom. The van der Waals surface area contributed by atoms with Crippen molar-refractivity contribution in [2.24, 2.45) is 5.41 Å². The van der Waals surface area contributed by atoms with E-state index in [-0.39, 0.29) is 12.3 Å². The number of halogens is 3. The second kappa shape index (κ2) is 10.2. The highest BCUT2D eigenvalue weighted by molar-refractivity contribution is 7.88. The molecule has 1 saturated heterocycles. The van der Waals surface area contributed by atoms with Crippen LogP contribution in [0.25, 0.3) is 0 Å². The Labute approximate surface area is 195 Å². The van der Waals surface area contributed by atoms with E-state index in [9.17, 15) is 36.0 Å². The predicted molar refractivity (Wildman–Crippen MR) is 114 cm³/mol. The third kappa shape index (κ3) is 6.61. The lowest BCUT2D eigenvalue weighted by Gasteiger charge is -2.31. The van der Waals surface area contributed by atoms with Crippen molar-refractivity contribution in [2.75, 3.05) is 13.7 Å². The third-order valence-corrected chi connectivity index (χ3v) is 6.09. The van der Waals surface area contributed by atoms with Crippen LogP contribution in [-0.2, 0) is 35.7 Å². The van der Waals surface area contributed by atoms with Crippen molar-refractivity contribution in [3.05, 3.63) is 29.8 Å². The van der Waals surface area contributed by atoms with Crippen LogP contribution in [0.4, 0.5) is 13.2 Å². The number of alkyl halides is 3. The van der Waals surface area contributed by atoms with Crippen LogP contribution in [0.1, 0.15) is 39.2 Å². The second-order valence-corrected chi connectivity index (χ2v) is 10.4. The lowest BCUT2D eigenvalue weighted by molar-refractivity contribution is -0.147. The molecule has 1 heterocycles. The fourth-order valence-electron chi connectivity index (χ4n) is 3.41. The Balaban J connectivity index is 2.13. The maximum absolute atomic E-state index is 12.9. The topological polar surface area (TPSA) is 119 Å². The summed E-state index contributed by atoms with van der Waals surface area (Å²) in [5, 5.41) is 2.58. The number of carbonyl (C=O) groups excluding carboxylic acids is 3. The molecule has 0 spiro atoms. The molecule has 1 aromatic rings. The molecule has 2 rings (SSSR count). The first kappa shape index (κ1) is 27.4. The van der Waals surface area contributed by atoms with Crippen molar-refractivity contribution in [1.29, 1.82) is 0 Å². The van der Waals surface area contributed by atoms with E-state index >= 15 is 0 Å². The molecule has 1 aliphatic rings. The van der Waals surface area contributed by atoms with Crippen molar-refractivity contribution in [1.82, 2.24) is 10.2 Å². The van der Waals surface area contributed by atoms with Gasteiger partial charge in [0.2, 0.25) is 11.8 Å². The van der Waals surface area contributed by atoms with Gasteiger partial charge in [-0.3, -0.25) is 9.59 Å². The molecule has 1 aliphatic heterocycles. The van der Waals surface area contributed by atoms with Crippen molar-refractivity contribution in [3.8, 4) is 5.75 Å². The maximum Gasteiger partial charge on any atom is 0.534 e. The van der Waals surface area contributed by atoms with Crippen LogP contribution in [0.5, 0.6) is 5.75 Å². The average molecular weight is 509 g/mol. The number of carbonyl (C=O) groups is 3. The molecule has 1 aromatic carbocycles. The zero-order valence-corrected chi connectivity index (χ0v) is 20.0. The monoisotopic (exact) mass is 508 g/mol. The number of hydrogen-bond acceptors (Lipinski definition) is 7. The molecule has 0 unspecified atom stereocenters. The van der Waals surface area contributed by atoms with Gasteiger partial charge in [-0.25, -0.2) is 4.79 Å². The molecule has 13 heteroatoms. The summed E-state index contributed by atoms with van der Waals surface area (Å²) in [6.07, 6.45) is 0.969. The first-order chi connectivity index (χ1) is 15.6. The minimum absolute atomic E-state index is 0.0926. The molecule has 0 saturated carbocycles. The van der Waals surface area contributed by atoms with Crippen LogP contribution >= 0.6 is 0 Å². The summed E-state index contributed by atoms with van der Waals surface area (Å²) in [5.74, 6) is -2.05. The lowest BCUT2D eigenvalue weighted by Crippen LogP contribution is -2.53. The smallest absolute Gasteiger partial charge is 0.467 e. The summed E-state index contributed by atoms with van der Waals surface area (Å²) in [6.45, 7) is 5.65. The number of methoxy groups -OCH3 is 1. The second-order valence-electron chi connectivity index (χ2n) is 8.82. The molecule has 2 atom stereocenters. The van der Waals surface area contributed by atoms with Crippen molar-refractivity contribution in [3.63, 3.8) is 0 Å². The molecule has 0 aromatic heterocycles. The van der Waals surface area contributed by atoms with Crippen LogP contribution in [0, 0.1) is 5.41 Å². The summed E-state index contributed by atoms with van der Waals surface area (Å²) >= 11 is 0. The number of nitrogens with one attached hydrogen (secondary N) is 1. The summed E-state index contributed by atoms with van der Waals surface area (Å²) in [4.78, 5) is 39.3. The van der Waals surface area contributed by atoms with Gasteiger partial charge in [0, 0.05) is 18.4 Å². The molecular formula is C21H27F3N2O7S. The van der Waals surface area contributed by atoms with Gasteiger partial charge >= 0.3 is 21.6 Å². The molecule has 0 radical (unpaired) electrons. The SMILES string of the molecule is COC(=O)[C@H](Cc1ccc(OS(=O)(=O)C(F)(F)F)cc1)NC(=O)[C@@H]1CCCN1C(=O)C(C)(C)C. The van der Waals surface area contributed by atoms with E-state index in [1.165, 1.54) is 17.0 Å². The van der Waals surface area contributed by atoms with Crippen LogP contribution < -0.4 is 9.50 Å². The van der Waals surface area contributed by atoms with Gasteiger partial charge in [0.15, 0.2) is 0 Å². The van der Waals surface area contributed by atoms with E-state index < -0.39 is 50.8 Å². The molecule has 1 N–H and O–H groups in total. The first-order valence-corrected chi connectivity index (χ1v) is 11.8. The van der Waals surface area contributed by atoms with Crippen LogP contribution in [-0.4, -0.2) is 62.3 Å². The van der Waals surface area contributed by atoms with Crippen molar-refractivity contribution in [2.45, 2.75) is 57.6 Å². The van der Waals surface area contributed by atoms with Gasteiger partial charge in [0.05, 0.1) is 7.11 Å². The summed E-state index contributed by atoms with van der Waals surface area (Å²) < 4.78 is 68.4. The largest absolute Gasteiger partial charge is 0.534 e. The molecule has 9 nitrogen and oxygen atoms in total. The fraction of sp³-hybridized carbons (Fsp3) is 0.571. The van der Waals surface area contributed by atoms with Crippen LogP contribution in [0.3, 0.4) is 0 Å². The Hall–Kier alpha value is -2.83. The molecular weight excluding hydrogens is 481 g/mol. The standard InChI is InChI=1S/C21H27F3N2O7S/c1-20(2,3)19(29)26-11-5-6-16(26)17(27)25-15(18(28)32-4)12-13-7-9-14(10-8-13)33-34(30,31)21(22,23)24/h7-10,15-16H,5-6,11-12H2,1-4H3,(H,25,27)/t15-,16-/m0/s1. The fourth-order valence-corrected chi connectivity index (χ4v) is 3.87. The zero-order chi connectivity index (χ0) is 25.9. The maximum atomic E-state index is 12.9. The Kier molecular flexibility index (Phi) is 8.22. The van der Waals surface area contributed by atoms with E-state index in [4.69, 9.17) is 4.74 Å². The van der Waals surface area contributed by atoms with E-state index in [2.05, 4.69) is 9.50 Å². The van der Waals surface area contributed by atoms with Crippen LogP contribution in [0.2, 0.25) is 0 Å². The van der Waals surface area contributed by atoms with Gasteiger partial charge in [-0.1, -0.05) is 32.9 Å². The number of esters is 1. The van der Waals surface area contributed by atoms with Gasteiger partial charge in [-0.05, 0) is 30.5 Å². The number of likely N-dealkylation sites (tertiary alicyclic amines) is 1. The minimum atomic E-state index is -5.82. The average Bonchev–Trinajstić information content (AvgIpc) is 3.21. The van der Waals surface area contributed by atoms with Gasteiger partial charge < -0.3 is 19.1 Å². The quantitative estimate of drug-likeness (QED) is 0.341. The molecule has 2 amide bonds. The predicted octanol–water partition coefficient (Wildman–Crippen LogP) is 2.15. The van der Waals surface area contributed by atoms with E-state index in [1.807, 2.05) is 0 Å². The molecule has 190 valence electrons. The van der Waals surface area contributed by atoms with Crippen LogP contribution in [0.15, 0.2) is 24.3 Å². The number of benzene rings is 1. The molecule has 0 bridgehead atoms. The molecule has 34 heavy (non-hydrogen) atoms. The van der Waals surface area contributed by atoms with Gasteiger partial charge in [0.1, 0.15) is 17.8 Å². The minimum Gasteiger partial charge on any atom is -0.467 e. The normalized spacial score (nSPS) is 17.7. The zero-order valence-electron chi connectivity index (χ0n) is 19.1. The Morgan fingerprint density at radius 3 is 2.24 bits per heavy atom. The molecule has 1 fully saturated rings. The first-order valence-electron chi connectivity index (χ1n) is 10.4. The number of ether oxygens (including phenoxy) is 1. The van der Waals surface area contributed by atoms with Crippen molar-refractivity contribution >= 4 is 27.9 Å². The van der Waals surface area contributed by atoms with E-state index in [0.29, 0.717) is 24.9 Å². The van der Waals surface area contributed by atoms with E-state index in [1.54, 1.807) is 20.8 Å². The molecule has 0 aliphatic carbocycles. The van der Waals surface area contributed by atoms with E-state index in [0.717, 1.165) is 19.2 Å². The highest BCUT2D eigenvalue weighted by Crippen LogP contribution is 2.28. The summed E-state index contributed by atoms with van der Waals surface area (Å²) in [6, 6.07) is 2.62. The Bertz CT molecular complexity index is 1020. The Morgan fingerprint density at radius 2 is 1.74 bits per heavy atom. The summed E-state index contributed by atoms with van der Waals surface area (Å²) in [7, 11) is -4.69. The van der Waals surface area contributed by atoms with Gasteiger partial charge in [0.25, 0.3) is 0 Å². The lowest BCUT2D eigenvalue weighted by atomic mass is 9.94. The summed E-state index contributed by atoms with van der Waals surface area (Å²) in [5.41, 5.74) is -5.87. The van der Waals surface area contributed by atoms with Gasteiger partial charge in [-0.2, -0.15) is 21.6 Å². The number of amides is 2.